The van der Waals surface area contributed by atoms with Gasteiger partial charge in [0.15, 0.2) is 0 Å². The van der Waals surface area contributed by atoms with Gasteiger partial charge < -0.3 is 9.84 Å². The number of ether oxygens (including phenoxy) is 1. The number of hydrogen-bond acceptors (Lipinski definition) is 2. The molecule has 2 rings (SSSR count). The van der Waals surface area contributed by atoms with E-state index >= 15 is 0 Å². The highest BCUT2D eigenvalue weighted by Crippen LogP contribution is 2.24. The molecule has 0 bridgehead atoms. The molecule has 2 aromatic rings. The van der Waals surface area contributed by atoms with Gasteiger partial charge in [0.1, 0.15) is 11.5 Å². The van der Waals surface area contributed by atoms with Crippen LogP contribution in [-0.2, 0) is 0 Å². The van der Waals surface area contributed by atoms with Crippen molar-refractivity contribution in [2.24, 2.45) is 0 Å². The fraction of sp³-hybridized carbons (Fsp3) is 0.0714. The number of hydrogen-bond donors (Lipinski definition) is 1. The third-order valence-electron chi connectivity index (χ3n) is 2.48. The Morgan fingerprint density at radius 2 is 1.72 bits per heavy atom. The van der Waals surface area contributed by atoms with Gasteiger partial charge in [-0.3, -0.25) is 0 Å². The summed E-state index contributed by atoms with van der Waals surface area (Å²) in [6, 6.07) is 12.6. The highest BCUT2D eigenvalue weighted by atomic mass is 127. The number of halogens is 1. The highest BCUT2D eigenvalue weighted by molar-refractivity contribution is 14.1. The van der Waals surface area contributed by atoms with E-state index in [2.05, 4.69) is 22.6 Å². The molecule has 2 aromatic carbocycles. The molecule has 0 aliphatic carbocycles. The van der Waals surface area contributed by atoms with Gasteiger partial charge >= 0.3 is 5.97 Å². The molecule has 1 N–H and O–H groups in total. The van der Waals surface area contributed by atoms with Gasteiger partial charge in [-0.25, -0.2) is 4.79 Å². The minimum Gasteiger partial charge on any atom is -0.478 e. The molecule has 0 aliphatic rings. The first-order chi connectivity index (χ1) is 8.56. The van der Waals surface area contributed by atoms with Crippen molar-refractivity contribution in [2.45, 2.75) is 6.92 Å². The Balaban J connectivity index is 2.22. The van der Waals surface area contributed by atoms with E-state index in [1.807, 2.05) is 24.3 Å². The molecule has 3 nitrogen and oxygen atoms in total. The maximum absolute atomic E-state index is 10.9. The molecule has 18 heavy (non-hydrogen) atoms. The van der Waals surface area contributed by atoms with Crippen LogP contribution in [0.5, 0.6) is 11.5 Å². The highest BCUT2D eigenvalue weighted by Gasteiger charge is 2.07. The average molecular weight is 354 g/mol. The number of carboxylic acid groups (broad SMARTS) is 1. The third kappa shape index (κ3) is 3.01. The zero-order chi connectivity index (χ0) is 13.1. The second-order valence-electron chi connectivity index (χ2n) is 3.84. The van der Waals surface area contributed by atoms with Crippen molar-refractivity contribution in [3.8, 4) is 11.5 Å². The maximum atomic E-state index is 10.9. The van der Waals surface area contributed by atoms with Crippen molar-refractivity contribution in [1.29, 1.82) is 0 Å². The van der Waals surface area contributed by atoms with Gasteiger partial charge in [-0.1, -0.05) is 0 Å². The summed E-state index contributed by atoms with van der Waals surface area (Å²) in [5, 5.41) is 8.94. The first-order valence-electron chi connectivity index (χ1n) is 5.33. The van der Waals surface area contributed by atoms with Crippen LogP contribution in [0.25, 0.3) is 0 Å². The largest absolute Gasteiger partial charge is 0.478 e. The van der Waals surface area contributed by atoms with Gasteiger partial charge in [-0.05, 0) is 77.5 Å². The molecule has 0 atom stereocenters. The molecule has 0 unspecified atom stereocenters. The summed E-state index contributed by atoms with van der Waals surface area (Å²) < 4.78 is 6.79. The molecule has 0 radical (unpaired) electrons. The summed E-state index contributed by atoms with van der Waals surface area (Å²) in [4.78, 5) is 10.9. The SMILES string of the molecule is Cc1cc(Oc2ccc(I)cc2)ccc1C(=O)O. The van der Waals surface area contributed by atoms with Crippen LogP contribution in [0, 0.1) is 10.5 Å². The molecule has 0 spiro atoms. The summed E-state index contributed by atoms with van der Waals surface area (Å²) in [7, 11) is 0. The van der Waals surface area contributed by atoms with E-state index in [-0.39, 0.29) is 0 Å². The molecule has 0 aliphatic heterocycles. The summed E-state index contributed by atoms with van der Waals surface area (Å²) in [5.41, 5.74) is 0.982. The van der Waals surface area contributed by atoms with Gasteiger partial charge in [-0.15, -0.1) is 0 Å². The Morgan fingerprint density at radius 3 is 2.28 bits per heavy atom. The van der Waals surface area contributed by atoms with Crippen molar-refractivity contribution < 1.29 is 14.6 Å². The Morgan fingerprint density at radius 1 is 1.11 bits per heavy atom. The van der Waals surface area contributed by atoms with E-state index in [1.54, 1.807) is 25.1 Å². The van der Waals surface area contributed by atoms with Gasteiger partial charge in [0.25, 0.3) is 0 Å². The normalized spacial score (nSPS) is 10.1. The lowest BCUT2D eigenvalue weighted by Gasteiger charge is -2.08. The molecule has 0 aromatic heterocycles. The molecule has 0 fully saturated rings. The second-order valence-corrected chi connectivity index (χ2v) is 5.08. The van der Waals surface area contributed by atoms with Gasteiger partial charge in [-0.2, -0.15) is 0 Å². The van der Waals surface area contributed by atoms with Crippen LogP contribution in [0.2, 0.25) is 0 Å². The number of aromatic carboxylic acids is 1. The molecular formula is C14H11IO3. The Kier molecular flexibility index (Phi) is 3.86. The average Bonchev–Trinajstić information content (AvgIpc) is 2.32. The predicted molar refractivity (Wildman–Crippen MR) is 77.4 cm³/mol. The Labute approximate surface area is 119 Å². The summed E-state index contributed by atoms with van der Waals surface area (Å²) in [6.07, 6.45) is 0. The molecule has 0 heterocycles. The van der Waals surface area contributed by atoms with Crippen LogP contribution in [0.4, 0.5) is 0 Å². The van der Waals surface area contributed by atoms with Crippen LogP contribution in [0.3, 0.4) is 0 Å². The fourth-order valence-corrected chi connectivity index (χ4v) is 1.94. The minimum absolute atomic E-state index is 0.296. The van der Waals surface area contributed by atoms with Gasteiger partial charge in [0.2, 0.25) is 0 Å². The summed E-state index contributed by atoms with van der Waals surface area (Å²) in [5.74, 6) is 0.449. The zero-order valence-electron chi connectivity index (χ0n) is 9.68. The summed E-state index contributed by atoms with van der Waals surface area (Å²) in [6.45, 7) is 1.75. The molecular weight excluding hydrogens is 343 g/mol. The lowest BCUT2D eigenvalue weighted by atomic mass is 10.1. The van der Waals surface area contributed by atoms with Crippen LogP contribution in [0.15, 0.2) is 42.5 Å². The van der Waals surface area contributed by atoms with Crippen molar-refractivity contribution in [3.63, 3.8) is 0 Å². The Bertz CT molecular complexity index is 576. The predicted octanol–water partition coefficient (Wildman–Crippen LogP) is 4.09. The smallest absolute Gasteiger partial charge is 0.335 e. The zero-order valence-corrected chi connectivity index (χ0v) is 11.8. The van der Waals surface area contributed by atoms with Gasteiger partial charge in [0, 0.05) is 3.57 Å². The number of benzene rings is 2. The number of aryl methyl sites for hydroxylation is 1. The number of carbonyl (C=O) groups is 1. The topological polar surface area (TPSA) is 46.5 Å². The second kappa shape index (κ2) is 5.39. The van der Waals surface area contributed by atoms with E-state index in [0.717, 1.165) is 9.32 Å². The minimum atomic E-state index is -0.923. The van der Waals surface area contributed by atoms with Crippen molar-refractivity contribution in [3.05, 3.63) is 57.2 Å². The van der Waals surface area contributed by atoms with Crippen molar-refractivity contribution in [1.82, 2.24) is 0 Å². The number of rotatable bonds is 3. The van der Waals surface area contributed by atoms with E-state index in [1.165, 1.54) is 0 Å². The van der Waals surface area contributed by atoms with Crippen molar-refractivity contribution in [2.75, 3.05) is 0 Å². The first kappa shape index (κ1) is 12.9. The fourth-order valence-electron chi connectivity index (χ4n) is 1.58. The van der Waals surface area contributed by atoms with Crippen LogP contribution in [0.1, 0.15) is 15.9 Å². The van der Waals surface area contributed by atoms with Crippen molar-refractivity contribution >= 4 is 28.6 Å². The van der Waals surface area contributed by atoms with E-state index in [0.29, 0.717) is 16.9 Å². The van der Waals surface area contributed by atoms with Crippen LogP contribution in [-0.4, -0.2) is 11.1 Å². The molecule has 4 heteroatoms. The monoisotopic (exact) mass is 354 g/mol. The number of carboxylic acids is 1. The van der Waals surface area contributed by atoms with Crippen LogP contribution >= 0.6 is 22.6 Å². The van der Waals surface area contributed by atoms with Crippen LogP contribution < -0.4 is 4.74 Å². The lowest BCUT2D eigenvalue weighted by molar-refractivity contribution is 0.0696. The van der Waals surface area contributed by atoms with E-state index in [4.69, 9.17) is 9.84 Å². The maximum Gasteiger partial charge on any atom is 0.335 e. The lowest BCUT2D eigenvalue weighted by Crippen LogP contribution is -1.99. The Hall–Kier alpha value is -1.56. The first-order valence-corrected chi connectivity index (χ1v) is 6.41. The third-order valence-corrected chi connectivity index (χ3v) is 3.20. The summed E-state index contributed by atoms with van der Waals surface area (Å²) >= 11 is 2.22. The van der Waals surface area contributed by atoms with Gasteiger partial charge in [0.05, 0.1) is 5.56 Å². The molecule has 0 saturated carbocycles. The molecule has 0 saturated heterocycles. The van der Waals surface area contributed by atoms with E-state index < -0.39 is 5.97 Å². The standard InChI is InChI=1S/C14H11IO3/c1-9-8-12(6-7-13(9)14(16)17)18-11-4-2-10(15)3-5-11/h2-8H,1H3,(H,16,17). The van der Waals surface area contributed by atoms with E-state index in [9.17, 15) is 4.79 Å². The molecule has 92 valence electrons. The molecule has 0 amide bonds. The quantitative estimate of drug-likeness (QED) is 0.845.